The van der Waals surface area contributed by atoms with E-state index in [1.54, 1.807) is 0 Å². The number of nitrogens with one attached hydrogen (secondary N) is 1. The summed E-state index contributed by atoms with van der Waals surface area (Å²) in [6.45, 7) is 3.00. The summed E-state index contributed by atoms with van der Waals surface area (Å²) in [4.78, 5) is 0. The molecule has 3 nitrogen and oxygen atoms in total. The predicted molar refractivity (Wildman–Crippen MR) is 27.1 cm³/mol. The number of hydrogen-bond acceptors (Lipinski definition) is 2. The van der Waals surface area contributed by atoms with Crippen LogP contribution in [0.4, 0.5) is 0 Å². The summed E-state index contributed by atoms with van der Waals surface area (Å²) in [6.07, 6.45) is 0. The van der Waals surface area contributed by atoms with Crippen LogP contribution in [0.2, 0.25) is 0 Å². The van der Waals surface area contributed by atoms with Gasteiger partial charge in [0.25, 0.3) is 0 Å². The summed E-state index contributed by atoms with van der Waals surface area (Å²) in [6, 6.07) is 0. The first-order valence-corrected chi connectivity index (χ1v) is 3.33. The minimum atomic E-state index is -3.23. The third-order valence-electron chi connectivity index (χ3n) is 0.455. The molecule has 4 heteroatoms. The monoisotopic (exact) mass is 120 g/mol. The minimum absolute atomic E-state index is 0.601. The van der Waals surface area contributed by atoms with Crippen LogP contribution in [0.5, 0.6) is 0 Å². The molecule has 0 saturated carbocycles. The molecular formula is C3H6NO2S. The molecule has 1 N–H and O–H groups in total. The fourth-order valence-electron chi connectivity index (χ4n) is 0.0589. The molecule has 41 valence electrons. The van der Waals surface area contributed by atoms with Crippen molar-refractivity contribution in [2.75, 3.05) is 5.88 Å². The van der Waals surface area contributed by atoms with Gasteiger partial charge >= 0.3 is 0 Å². The van der Waals surface area contributed by atoms with Crippen molar-refractivity contribution in [2.45, 2.75) is 0 Å². The summed E-state index contributed by atoms with van der Waals surface area (Å²) in [5.74, 6) is -0.601. The molecule has 7 heavy (non-hydrogen) atoms. The van der Waals surface area contributed by atoms with Crippen molar-refractivity contribution in [1.29, 1.82) is 0 Å². The number of sulfone groups is 1. The van der Waals surface area contributed by atoms with Crippen LogP contribution in [0, 0.1) is 0 Å². The molecule has 0 aromatic rings. The summed E-state index contributed by atoms with van der Waals surface area (Å²) >= 11 is 0. The molecule has 0 aliphatic heterocycles. The second kappa shape index (κ2) is 2.09. The Kier molecular flexibility index (Phi) is 1.98. The fraction of sp³-hybridized carbons (Fsp3) is 0.333. The SMILES string of the molecule is C=CS(=O)(=O)C[NH]. The lowest BCUT2D eigenvalue weighted by Crippen LogP contribution is -2.00. The maximum absolute atomic E-state index is 10.1. The van der Waals surface area contributed by atoms with Gasteiger partial charge in [-0.2, -0.15) is 0 Å². The van der Waals surface area contributed by atoms with Gasteiger partial charge in [0.1, 0.15) is 5.88 Å². The second-order valence-corrected chi connectivity index (χ2v) is 2.92. The molecule has 0 heterocycles. The van der Waals surface area contributed by atoms with Crippen LogP contribution in [0.1, 0.15) is 0 Å². The van der Waals surface area contributed by atoms with Gasteiger partial charge in [-0.15, -0.1) is 0 Å². The van der Waals surface area contributed by atoms with Crippen LogP contribution < -0.4 is 5.73 Å². The highest BCUT2D eigenvalue weighted by molar-refractivity contribution is 7.94. The van der Waals surface area contributed by atoms with E-state index in [9.17, 15) is 8.42 Å². The molecule has 0 spiro atoms. The summed E-state index contributed by atoms with van der Waals surface area (Å²) in [5.41, 5.74) is 6.35. The highest BCUT2D eigenvalue weighted by Crippen LogP contribution is 1.82. The first kappa shape index (κ1) is 6.65. The van der Waals surface area contributed by atoms with E-state index in [4.69, 9.17) is 5.73 Å². The van der Waals surface area contributed by atoms with Crippen molar-refractivity contribution in [1.82, 2.24) is 5.73 Å². The van der Waals surface area contributed by atoms with E-state index in [1.807, 2.05) is 0 Å². The Morgan fingerprint density at radius 2 is 2.14 bits per heavy atom. The Balaban J connectivity index is 4.17. The smallest absolute Gasteiger partial charge is 0.185 e. The van der Waals surface area contributed by atoms with Gasteiger partial charge in [-0.1, -0.05) is 6.58 Å². The molecule has 0 fully saturated rings. The van der Waals surface area contributed by atoms with Crippen LogP contribution >= 0.6 is 0 Å². The van der Waals surface area contributed by atoms with E-state index in [-0.39, 0.29) is 0 Å². The first-order chi connectivity index (χ1) is 3.12. The average Bonchev–Trinajstić information content (AvgIpc) is 1.68. The maximum Gasteiger partial charge on any atom is 0.185 e. The lowest BCUT2D eigenvalue weighted by Gasteiger charge is -1.83. The van der Waals surface area contributed by atoms with Crippen molar-refractivity contribution >= 4 is 9.84 Å². The molecule has 0 atom stereocenters. The van der Waals surface area contributed by atoms with Gasteiger partial charge < -0.3 is 0 Å². The van der Waals surface area contributed by atoms with Crippen LogP contribution in [-0.4, -0.2) is 14.3 Å². The summed E-state index contributed by atoms with van der Waals surface area (Å²) < 4.78 is 20.1. The first-order valence-electron chi connectivity index (χ1n) is 1.62. The second-order valence-electron chi connectivity index (χ2n) is 0.974. The van der Waals surface area contributed by atoms with Crippen LogP contribution in [0.15, 0.2) is 12.0 Å². The topological polar surface area (TPSA) is 57.9 Å². The summed E-state index contributed by atoms with van der Waals surface area (Å²) in [5, 5.41) is 0.778. The van der Waals surface area contributed by atoms with Crippen LogP contribution in [0.3, 0.4) is 0 Å². The fourth-order valence-corrected chi connectivity index (χ4v) is 0.177. The molecular weight excluding hydrogens is 114 g/mol. The van der Waals surface area contributed by atoms with Gasteiger partial charge in [0, 0.05) is 5.41 Å². The normalized spacial score (nSPS) is 11.0. The van der Waals surface area contributed by atoms with E-state index in [0.29, 0.717) is 0 Å². The molecule has 0 rings (SSSR count). The Morgan fingerprint density at radius 3 is 2.14 bits per heavy atom. The number of rotatable bonds is 2. The Morgan fingerprint density at radius 1 is 1.71 bits per heavy atom. The molecule has 0 aromatic heterocycles. The Labute approximate surface area is 42.7 Å². The zero-order valence-corrected chi connectivity index (χ0v) is 4.53. The third-order valence-corrected chi connectivity index (χ3v) is 1.37. The van der Waals surface area contributed by atoms with Crippen molar-refractivity contribution in [3.63, 3.8) is 0 Å². The van der Waals surface area contributed by atoms with Crippen LogP contribution in [0.25, 0.3) is 0 Å². The van der Waals surface area contributed by atoms with Crippen molar-refractivity contribution in [3.8, 4) is 0 Å². The highest BCUT2D eigenvalue weighted by Gasteiger charge is 1.96. The molecule has 1 radical (unpaired) electrons. The van der Waals surface area contributed by atoms with Crippen molar-refractivity contribution in [2.24, 2.45) is 0 Å². The predicted octanol–water partition coefficient (Wildman–Crippen LogP) is -0.215. The molecule has 0 bridgehead atoms. The van der Waals surface area contributed by atoms with Gasteiger partial charge in [-0.05, 0) is 0 Å². The quantitative estimate of drug-likeness (QED) is 0.506. The minimum Gasteiger partial charge on any atom is -0.241 e. The molecule has 0 aliphatic carbocycles. The number of hydrogen-bond donors (Lipinski definition) is 0. The zero-order valence-electron chi connectivity index (χ0n) is 3.72. The molecule has 0 aromatic carbocycles. The van der Waals surface area contributed by atoms with Crippen molar-refractivity contribution in [3.05, 3.63) is 12.0 Å². The van der Waals surface area contributed by atoms with E-state index in [1.165, 1.54) is 0 Å². The van der Waals surface area contributed by atoms with Crippen molar-refractivity contribution < 1.29 is 8.42 Å². The molecule has 0 saturated heterocycles. The van der Waals surface area contributed by atoms with E-state index >= 15 is 0 Å². The van der Waals surface area contributed by atoms with E-state index in [0.717, 1.165) is 5.41 Å². The van der Waals surface area contributed by atoms with Gasteiger partial charge in [0.15, 0.2) is 9.84 Å². The molecule has 0 aliphatic rings. The maximum atomic E-state index is 10.1. The summed E-state index contributed by atoms with van der Waals surface area (Å²) in [7, 11) is -3.23. The van der Waals surface area contributed by atoms with Crippen LogP contribution in [-0.2, 0) is 9.84 Å². The van der Waals surface area contributed by atoms with E-state index in [2.05, 4.69) is 6.58 Å². The Hall–Kier alpha value is -0.350. The molecule has 0 unspecified atom stereocenters. The largest absolute Gasteiger partial charge is 0.241 e. The lowest BCUT2D eigenvalue weighted by atomic mass is 11.3. The average molecular weight is 120 g/mol. The van der Waals surface area contributed by atoms with Gasteiger partial charge in [-0.3, -0.25) is 0 Å². The van der Waals surface area contributed by atoms with Gasteiger partial charge in [-0.25, -0.2) is 14.2 Å². The highest BCUT2D eigenvalue weighted by atomic mass is 32.2. The van der Waals surface area contributed by atoms with Gasteiger partial charge in [0.05, 0.1) is 0 Å². The Bertz CT molecular complexity index is 146. The third kappa shape index (κ3) is 2.36. The lowest BCUT2D eigenvalue weighted by molar-refractivity contribution is 0.604. The molecule has 0 amide bonds. The standard InChI is InChI=1S/C3H6NO2S/c1-2-7(5,6)3-4/h2,4H,1,3H2. The van der Waals surface area contributed by atoms with E-state index < -0.39 is 15.7 Å². The zero-order chi connectivity index (χ0) is 5.91. The van der Waals surface area contributed by atoms with Gasteiger partial charge in [0.2, 0.25) is 0 Å².